The summed E-state index contributed by atoms with van der Waals surface area (Å²) in [7, 11) is 0. The molecule has 8 heteroatoms. The maximum Gasteiger partial charge on any atom is 0.191 e. The summed E-state index contributed by atoms with van der Waals surface area (Å²) in [5, 5.41) is 11.9. The molecule has 0 saturated carbocycles. The molecule has 0 aliphatic rings. The third kappa shape index (κ3) is 4.99. The molecule has 0 bridgehead atoms. The van der Waals surface area contributed by atoms with Gasteiger partial charge in [-0.25, -0.2) is 0 Å². The number of hydrogen-bond donors (Lipinski definition) is 0. The van der Waals surface area contributed by atoms with Crippen LogP contribution in [0.4, 0.5) is 0 Å². The molecule has 0 spiro atoms. The smallest absolute Gasteiger partial charge is 0.191 e. The van der Waals surface area contributed by atoms with Crippen molar-refractivity contribution in [3.8, 4) is 5.75 Å². The van der Waals surface area contributed by atoms with Crippen molar-refractivity contribution in [2.45, 2.75) is 18.1 Å². The van der Waals surface area contributed by atoms with E-state index in [4.69, 9.17) is 16.3 Å². The highest BCUT2D eigenvalue weighted by Crippen LogP contribution is 2.28. The average molecular weight is 445 g/mol. The molecule has 0 saturated heterocycles. The van der Waals surface area contributed by atoms with Crippen molar-refractivity contribution in [3.63, 3.8) is 0 Å². The molecule has 0 N–H and O–H groups in total. The minimum atomic E-state index is 0.586. The summed E-state index contributed by atoms with van der Waals surface area (Å²) >= 11 is 12.8. The zero-order valence-corrected chi connectivity index (χ0v) is 16.7. The summed E-state index contributed by atoms with van der Waals surface area (Å²) in [6.45, 7) is 1.47. The molecule has 0 fully saturated rings. The standard InChI is InChI=1S/C16H15BrClN3OS2/c17-14-10-12(18)3-4-15(14)22-7-9-24-16-20-19-11-21(16)6-5-13-2-1-8-23-13/h1-4,8,10-11H,5-7,9H2. The zero-order chi connectivity index (χ0) is 16.8. The van der Waals surface area contributed by atoms with E-state index in [1.54, 1.807) is 29.4 Å². The molecule has 0 atom stereocenters. The van der Waals surface area contributed by atoms with Gasteiger partial charge in [0.05, 0.1) is 11.1 Å². The van der Waals surface area contributed by atoms with Crippen molar-refractivity contribution < 1.29 is 4.74 Å². The number of aromatic nitrogens is 3. The topological polar surface area (TPSA) is 39.9 Å². The molecular formula is C16H15BrClN3OS2. The van der Waals surface area contributed by atoms with Gasteiger partial charge >= 0.3 is 0 Å². The van der Waals surface area contributed by atoms with Crippen molar-refractivity contribution in [3.05, 3.63) is 56.4 Å². The number of thioether (sulfide) groups is 1. The first-order valence-electron chi connectivity index (χ1n) is 7.33. The van der Waals surface area contributed by atoms with Crippen LogP contribution in [-0.4, -0.2) is 27.1 Å². The lowest BCUT2D eigenvalue weighted by atomic mass is 10.3. The van der Waals surface area contributed by atoms with Gasteiger partial charge in [0.1, 0.15) is 12.1 Å². The Labute approximate surface area is 162 Å². The van der Waals surface area contributed by atoms with Crippen LogP contribution in [0.1, 0.15) is 4.88 Å². The monoisotopic (exact) mass is 443 g/mol. The van der Waals surface area contributed by atoms with Gasteiger partial charge in [0.2, 0.25) is 0 Å². The van der Waals surface area contributed by atoms with Crippen molar-refractivity contribution in [2.75, 3.05) is 12.4 Å². The van der Waals surface area contributed by atoms with Gasteiger partial charge in [0, 0.05) is 22.2 Å². The number of nitrogens with zero attached hydrogens (tertiary/aromatic N) is 3. The number of hydrogen-bond acceptors (Lipinski definition) is 5. The predicted octanol–water partition coefficient (Wildman–Crippen LogP) is 5.17. The van der Waals surface area contributed by atoms with Gasteiger partial charge in [-0.3, -0.25) is 0 Å². The van der Waals surface area contributed by atoms with Gasteiger partial charge in [-0.05, 0) is 52.0 Å². The van der Waals surface area contributed by atoms with Gasteiger partial charge in [-0.1, -0.05) is 29.4 Å². The Morgan fingerprint density at radius 2 is 2.25 bits per heavy atom. The molecule has 0 aliphatic carbocycles. The second kappa shape index (κ2) is 8.89. The Kier molecular flexibility index (Phi) is 6.59. The van der Waals surface area contributed by atoms with Crippen molar-refractivity contribution in [2.24, 2.45) is 0 Å². The number of benzene rings is 1. The zero-order valence-electron chi connectivity index (χ0n) is 12.7. The minimum absolute atomic E-state index is 0.586. The first-order chi connectivity index (χ1) is 11.7. The Balaban J connectivity index is 1.46. The van der Waals surface area contributed by atoms with E-state index in [1.807, 2.05) is 18.2 Å². The number of thiophene rings is 1. The van der Waals surface area contributed by atoms with Crippen molar-refractivity contribution in [1.82, 2.24) is 14.8 Å². The number of ether oxygens (including phenoxy) is 1. The molecule has 126 valence electrons. The molecule has 1 aromatic carbocycles. The lowest BCUT2D eigenvalue weighted by molar-refractivity contribution is 0.341. The van der Waals surface area contributed by atoms with E-state index in [2.05, 4.69) is 48.2 Å². The van der Waals surface area contributed by atoms with E-state index < -0.39 is 0 Å². The van der Waals surface area contributed by atoms with Crippen molar-refractivity contribution >= 4 is 50.6 Å². The van der Waals surface area contributed by atoms with Gasteiger partial charge in [0.25, 0.3) is 0 Å². The lowest BCUT2D eigenvalue weighted by Crippen LogP contribution is -2.04. The number of halogens is 2. The Bertz CT molecular complexity index is 779. The van der Waals surface area contributed by atoms with Gasteiger partial charge in [-0.2, -0.15) is 0 Å². The van der Waals surface area contributed by atoms with Crippen LogP contribution in [0.3, 0.4) is 0 Å². The summed E-state index contributed by atoms with van der Waals surface area (Å²) in [6, 6.07) is 9.73. The molecule has 24 heavy (non-hydrogen) atoms. The molecule has 0 aliphatic heterocycles. The van der Waals surface area contributed by atoms with Crippen molar-refractivity contribution in [1.29, 1.82) is 0 Å². The molecular weight excluding hydrogens is 430 g/mol. The SMILES string of the molecule is Clc1ccc(OCCSc2nncn2CCc2cccs2)c(Br)c1. The molecule has 2 heterocycles. The molecule has 0 amide bonds. The first kappa shape index (κ1) is 17.8. The van der Waals surface area contributed by atoms with E-state index in [0.29, 0.717) is 11.6 Å². The Morgan fingerprint density at radius 1 is 1.33 bits per heavy atom. The highest BCUT2D eigenvalue weighted by molar-refractivity contribution is 9.10. The van der Waals surface area contributed by atoms with Gasteiger partial charge in [-0.15, -0.1) is 21.5 Å². The third-order valence-corrected chi connectivity index (χ3v) is 5.96. The maximum absolute atomic E-state index is 5.92. The molecule has 4 nitrogen and oxygen atoms in total. The van der Waals surface area contributed by atoms with E-state index in [1.165, 1.54) is 4.88 Å². The van der Waals surface area contributed by atoms with Crippen LogP contribution in [0.15, 0.2) is 51.7 Å². The fraction of sp³-hybridized carbons (Fsp3) is 0.250. The van der Waals surface area contributed by atoms with Crippen LogP contribution in [0, 0.1) is 0 Å². The predicted molar refractivity (Wildman–Crippen MR) is 103 cm³/mol. The molecule has 3 aromatic rings. The van der Waals surface area contributed by atoms with Crippen LogP contribution in [-0.2, 0) is 13.0 Å². The van der Waals surface area contributed by atoms with E-state index in [0.717, 1.165) is 34.1 Å². The highest BCUT2D eigenvalue weighted by Gasteiger charge is 2.07. The number of rotatable bonds is 8. The van der Waals surface area contributed by atoms with E-state index in [9.17, 15) is 0 Å². The highest BCUT2D eigenvalue weighted by atomic mass is 79.9. The van der Waals surface area contributed by atoms with Crippen LogP contribution in [0.2, 0.25) is 5.02 Å². The fourth-order valence-electron chi connectivity index (χ4n) is 2.07. The summed E-state index contributed by atoms with van der Waals surface area (Å²) in [6.07, 6.45) is 2.78. The summed E-state index contributed by atoms with van der Waals surface area (Å²) in [5.74, 6) is 1.59. The normalized spacial score (nSPS) is 10.9. The summed E-state index contributed by atoms with van der Waals surface area (Å²) in [4.78, 5) is 1.37. The Morgan fingerprint density at radius 3 is 3.04 bits per heavy atom. The second-order valence-electron chi connectivity index (χ2n) is 4.91. The molecule has 0 unspecified atom stereocenters. The fourth-order valence-corrected chi connectivity index (χ4v) is 4.33. The second-order valence-corrected chi connectivity index (χ2v) is 8.29. The van der Waals surface area contributed by atoms with E-state index in [-0.39, 0.29) is 0 Å². The van der Waals surface area contributed by atoms with E-state index >= 15 is 0 Å². The molecule has 0 radical (unpaired) electrons. The van der Waals surface area contributed by atoms with Crippen LogP contribution in [0.5, 0.6) is 5.75 Å². The largest absolute Gasteiger partial charge is 0.492 e. The summed E-state index contributed by atoms with van der Waals surface area (Å²) in [5.41, 5.74) is 0. The lowest BCUT2D eigenvalue weighted by Gasteiger charge is -2.09. The van der Waals surface area contributed by atoms with Gasteiger partial charge in [0.15, 0.2) is 5.16 Å². The quantitative estimate of drug-likeness (QED) is 0.355. The van der Waals surface area contributed by atoms with Crippen LogP contribution in [0.25, 0.3) is 0 Å². The first-order valence-corrected chi connectivity index (χ1v) is 10.4. The maximum atomic E-state index is 5.92. The van der Waals surface area contributed by atoms with Crippen LogP contribution >= 0.6 is 50.6 Å². The number of aryl methyl sites for hydroxylation is 2. The molecule has 3 rings (SSSR count). The minimum Gasteiger partial charge on any atom is -0.492 e. The third-order valence-electron chi connectivity index (χ3n) is 3.23. The van der Waals surface area contributed by atoms with Crippen LogP contribution < -0.4 is 4.74 Å². The average Bonchev–Trinajstić information content (AvgIpc) is 3.23. The summed E-state index contributed by atoms with van der Waals surface area (Å²) < 4.78 is 8.71. The van der Waals surface area contributed by atoms with Gasteiger partial charge < -0.3 is 9.30 Å². The molecule has 2 aromatic heterocycles. The Hall–Kier alpha value is -1.02.